The van der Waals surface area contributed by atoms with Crippen LogP contribution in [0.1, 0.15) is 62.4 Å². The molecule has 0 heterocycles. The molecule has 0 radical (unpaired) electrons. The molecular formula is C43H41F3N2O7. The quantitative estimate of drug-likeness (QED) is 0.0963. The number of hydrogen-bond donors (Lipinski definition) is 2. The molecule has 0 unspecified atom stereocenters. The van der Waals surface area contributed by atoms with Crippen LogP contribution in [0.2, 0.25) is 0 Å². The maximum atomic E-state index is 13.6. The maximum absolute atomic E-state index is 13.6. The van der Waals surface area contributed by atoms with Crippen molar-refractivity contribution in [2.75, 3.05) is 19.0 Å². The van der Waals surface area contributed by atoms with Crippen LogP contribution in [0.5, 0.6) is 11.5 Å². The monoisotopic (exact) mass is 754 g/mol. The maximum Gasteiger partial charge on any atom is 0.416 e. The standard InChI is InChI=1S/C41H35F3N2O7.C2H6/c1-25-4-8-28(9-5-25)29-10-12-30(13-11-29)40(51)53-33-16-6-27(7-17-33)23-46(24-38(48)49)39(50)35-19-15-32(20-26(35)2)45-37(47)21-31-14-18-34(52-3)22-36(31)41(42,43)44;1-2/h4-20,22H,21,23-24H2,1-3H3,(H,45,47)(H,48,49);1-2H3. The zero-order chi connectivity index (χ0) is 40.3. The van der Waals surface area contributed by atoms with Gasteiger partial charge in [0.15, 0.2) is 0 Å². The fourth-order valence-corrected chi connectivity index (χ4v) is 5.59. The van der Waals surface area contributed by atoms with E-state index in [0.29, 0.717) is 16.7 Å². The summed E-state index contributed by atoms with van der Waals surface area (Å²) in [6.07, 6.45) is -5.26. The normalized spacial score (nSPS) is 10.8. The van der Waals surface area contributed by atoms with E-state index in [4.69, 9.17) is 9.47 Å². The van der Waals surface area contributed by atoms with Crippen molar-refractivity contribution >= 4 is 29.4 Å². The summed E-state index contributed by atoms with van der Waals surface area (Å²) in [4.78, 5) is 51.9. The number of carboxylic acids is 1. The highest BCUT2D eigenvalue weighted by Gasteiger charge is 2.34. The number of hydrogen-bond acceptors (Lipinski definition) is 6. The molecule has 2 amide bonds. The number of ether oxygens (including phenoxy) is 2. The minimum absolute atomic E-state index is 0.00352. The number of esters is 1. The van der Waals surface area contributed by atoms with E-state index in [9.17, 15) is 37.5 Å². The van der Waals surface area contributed by atoms with E-state index in [1.807, 2.05) is 57.2 Å². The Labute approximate surface area is 317 Å². The second-order valence-corrected chi connectivity index (χ2v) is 12.3. The van der Waals surface area contributed by atoms with Crippen LogP contribution in [-0.2, 0) is 28.7 Å². The lowest BCUT2D eigenvalue weighted by Crippen LogP contribution is -2.35. The molecule has 0 saturated heterocycles. The Bertz CT molecular complexity index is 2130. The van der Waals surface area contributed by atoms with Gasteiger partial charge in [0.2, 0.25) is 5.91 Å². The molecule has 0 aliphatic rings. The number of benzene rings is 5. The number of carbonyl (C=O) groups is 4. The van der Waals surface area contributed by atoms with E-state index in [-0.39, 0.29) is 34.9 Å². The van der Waals surface area contributed by atoms with Crippen LogP contribution < -0.4 is 14.8 Å². The average Bonchev–Trinajstić information content (AvgIpc) is 3.16. The second-order valence-electron chi connectivity index (χ2n) is 12.3. The van der Waals surface area contributed by atoms with Crippen molar-refractivity contribution < 1.29 is 46.9 Å². The van der Waals surface area contributed by atoms with Crippen LogP contribution >= 0.6 is 0 Å². The van der Waals surface area contributed by atoms with Gasteiger partial charge in [-0.25, -0.2) is 4.79 Å². The van der Waals surface area contributed by atoms with Gasteiger partial charge in [-0.3, -0.25) is 14.4 Å². The zero-order valence-electron chi connectivity index (χ0n) is 31.0. The molecule has 12 heteroatoms. The van der Waals surface area contributed by atoms with Crippen molar-refractivity contribution in [3.63, 3.8) is 0 Å². The van der Waals surface area contributed by atoms with E-state index >= 15 is 0 Å². The summed E-state index contributed by atoms with van der Waals surface area (Å²) in [7, 11) is 1.24. The molecule has 9 nitrogen and oxygen atoms in total. The second kappa shape index (κ2) is 18.6. The Balaban J connectivity index is 0.00000331. The number of nitrogens with one attached hydrogen (secondary N) is 1. The number of methoxy groups -OCH3 is 1. The summed E-state index contributed by atoms with van der Waals surface area (Å²) in [5.41, 5.74) is 3.63. The lowest BCUT2D eigenvalue weighted by molar-refractivity contribution is -0.139. The number of carboxylic acid groups (broad SMARTS) is 1. The van der Waals surface area contributed by atoms with Gasteiger partial charge < -0.3 is 24.8 Å². The van der Waals surface area contributed by atoms with Crippen molar-refractivity contribution in [2.24, 2.45) is 0 Å². The first kappa shape index (κ1) is 41.3. The molecule has 5 aromatic carbocycles. The number of carbonyl (C=O) groups excluding carboxylic acids is 3. The third-order valence-electron chi connectivity index (χ3n) is 8.34. The first-order valence-corrected chi connectivity index (χ1v) is 17.3. The number of halogens is 3. The van der Waals surface area contributed by atoms with Crippen LogP contribution in [0, 0.1) is 13.8 Å². The highest BCUT2D eigenvalue weighted by atomic mass is 19.4. The summed E-state index contributed by atoms with van der Waals surface area (Å²) in [5.74, 6) is -2.85. The topological polar surface area (TPSA) is 122 Å². The largest absolute Gasteiger partial charge is 0.497 e. The summed E-state index contributed by atoms with van der Waals surface area (Å²) >= 11 is 0. The van der Waals surface area contributed by atoms with Gasteiger partial charge in [-0.15, -0.1) is 0 Å². The Kier molecular flexibility index (Phi) is 13.9. The first-order chi connectivity index (χ1) is 26.2. The molecule has 5 aromatic rings. The van der Waals surface area contributed by atoms with E-state index in [1.54, 1.807) is 43.3 Å². The number of aliphatic carboxylic acids is 1. The molecule has 0 saturated carbocycles. The fourth-order valence-electron chi connectivity index (χ4n) is 5.59. The number of alkyl halides is 3. The molecule has 55 heavy (non-hydrogen) atoms. The predicted molar refractivity (Wildman–Crippen MR) is 203 cm³/mol. The Morgan fingerprint density at radius 1 is 0.764 bits per heavy atom. The number of anilines is 1. The third kappa shape index (κ3) is 11.3. The molecule has 0 aliphatic carbocycles. The van der Waals surface area contributed by atoms with Gasteiger partial charge in [0, 0.05) is 17.8 Å². The Morgan fingerprint density at radius 2 is 1.36 bits per heavy atom. The van der Waals surface area contributed by atoms with Crippen molar-refractivity contribution in [1.29, 1.82) is 0 Å². The van der Waals surface area contributed by atoms with E-state index in [2.05, 4.69) is 5.32 Å². The Hall–Kier alpha value is -6.43. The van der Waals surface area contributed by atoms with E-state index in [0.717, 1.165) is 27.7 Å². The molecular weight excluding hydrogens is 713 g/mol. The summed E-state index contributed by atoms with van der Waals surface area (Å²) in [6.45, 7) is 6.90. The minimum atomic E-state index is -4.70. The number of aryl methyl sites for hydroxylation is 2. The Morgan fingerprint density at radius 3 is 1.93 bits per heavy atom. The highest BCUT2D eigenvalue weighted by Crippen LogP contribution is 2.35. The van der Waals surface area contributed by atoms with Crippen LogP contribution in [0.3, 0.4) is 0 Å². The third-order valence-corrected chi connectivity index (χ3v) is 8.34. The molecule has 0 bridgehead atoms. The number of amides is 2. The van der Waals surface area contributed by atoms with Gasteiger partial charge >= 0.3 is 18.1 Å². The zero-order valence-corrected chi connectivity index (χ0v) is 31.0. The molecule has 0 fully saturated rings. The number of nitrogens with zero attached hydrogens (tertiary/aromatic N) is 1. The number of rotatable bonds is 12. The van der Waals surface area contributed by atoms with Crippen LogP contribution in [0.15, 0.2) is 109 Å². The van der Waals surface area contributed by atoms with Crippen molar-refractivity contribution in [3.05, 3.63) is 148 Å². The fraction of sp³-hybridized carbons (Fsp3) is 0.209. The molecule has 286 valence electrons. The summed E-state index contributed by atoms with van der Waals surface area (Å²) in [5, 5.41) is 12.1. The average molecular weight is 755 g/mol. The van der Waals surface area contributed by atoms with Crippen LogP contribution in [-0.4, -0.2) is 47.4 Å². The van der Waals surface area contributed by atoms with Crippen molar-refractivity contribution in [1.82, 2.24) is 4.90 Å². The summed E-state index contributed by atoms with van der Waals surface area (Å²) < 4.78 is 51.2. The lowest BCUT2D eigenvalue weighted by atomic mass is 10.0. The van der Waals surface area contributed by atoms with Crippen LogP contribution in [0.25, 0.3) is 11.1 Å². The van der Waals surface area contributed by atoms with Gasteiger partial charge in [0.05, 0.1) is 24.7 Å². The van der Waals surface area contributed by atoms with Crippen molar-refractivity contribution in [2.45, 2.75) is 46.8 Å². The van der Waals surface area contributed by atoms with Gasteiger partial charge in [-0.1, -0.05) is 74.0 Å². The first-order valence-electron chi connectivity index (χ1n) is 17.3. The van der Waals surface area contributed by atoms with E-state index in [1.165, 1.54) is 37.4 Å². The van der Waals surface area contributed by atoms with Crippen LogP contribution in [0.4, 0.5) is 18.9 Å². The van der Waals surface area contributed by atoms with E-state index < -0.39 is 48.5 Å². The molecule has 0 aliphatic heterocycles. The molecule has 0 spiro atoms. The minimum Gasteiger partial charge on any atom is -0.497 e. The lowest BCUT2D eigenvalue weighted by Gasteiger charge is -2.22. The molecule has 0 aromatic heterocycles. The van der Waals surface area contributed by atoms with Crippen molar-refractivity contribution in [3.8, 4) is 22.6 Å². The SMILES string of the molecule is CC.COc1ccc(CC(=O)Nc2ccc(C(=O)N(CC(=O)O)Cc3ccc(OC(=O)c4ccc(-c5ccc(C)cc5)cc4)cc3)c(C)c2)c(C(F)(F)F)c1. The molecule has 5 rings (SSSR count). The molecule has 0 atom stereocenters. The van der Waals surface area contributed by atoms with Gasteiger partial charge in [-0.2, -0.15) is 13.2 Å². The van der Waals surface area contributed by atoms with Gasteiger partial charge in [0.25, 0.3) is 5.91 Å². The molecule has 2 N–H and O–H groups in total. The van der Waals surface area contributed by atoms with Gasteiger partial charge in [-0.05, 0) is 96.3 Å². The predicted octanol–water partition coefficient (Wildman–Crippen LogP) is 9.15. The smallest absolute Gasteiger partial charge is 0.416 e. The van der Waals surface area contributed by atoms with Gasteiger partial charge in [0.1, 0.15) is 18.0 Å². The summed E-state index contributed by atoms with van der Waals surface area (Å²) in [6, 6.07) is 29.0. The highest BCUT2D eigenvalue weighted by molar-refractivity contribution is 5.98.